The maximum absolute atomic E-state index is 13.9. The fourth-order valence-electron chi connectivity index (χ4n) is 3.35. The largest absolute Gasteiger partial charge is 0.490 e. The van der Waals surface area contributed by atoms with Gasteiger partial charge in [-0.2, -0.15) is 0 Å². The molecule has 0 unspecified atom stereocenters. The topological polar surface area (TPSA) is 82.7 Å². The molecular weight excluding hydrogens is 387 g/mol. The van der Waals surface area contributed by atoms with Gasteiger partial charge in [-0.3, -0.25) is 10.1 Å². The molecule has 2 aliphatic rings. The molecule has 1 aromatic rings. The van der Waals surface area contributed by atoms with Gasteiger partial charge in [0, 0.05) is 31.1 Å². The molecule has 7 nitrogen and oxygen atoms in total. The van der Waals surface area contributed by atoms with E-state index in [-0.39, 0.29) is 29.0 Å². The van der Waals surface area contributed by atoms with E-state index in [4.69, 9.17) is 4.74 Å². The van der Waals surface area contributed by atoms with Crippen molar-refractivity contribution in [3.63, 3.8) is 0 Å². The van der Waals surface area contributed by atoms with Crippen molar-refractivity contribution < 1.29 is 18.7 Å². The predicted molar refractivity (Wildman–Crippen MR) is 114 cm³/mol. The van der Waals surface area contributed by atoms with Gasteiger partial charge in [0.1, 0.15) is 0 Å². The van der Waals surface area contributed by atoms with Gasteiger partial charge in [-0.1, -0.05) is 12.8 Å². The first-order valence-corrected chi connectivity index (χ1v) is 10.9. The third kappa shape index (κ3) is 7.16. The van der Waals surface area contributed by atoms with E-state index in [1.54, 1.807) is 17.0 Å². The Balaban J connectivity index is 1.34. The zero-order valence-electron chi connectivity index (χ0n) is 17.9. The third-order valence-corrected chi connectivity index (χ3v) is 5.52. The molecular formula is C22H33FN4O3. The molecule has 2 fully saturated rings. The van der Waals surface area contributed by atoms with Gasteiger partial charge in [-0.05, 0) is 57.6 Å². The van der Waals surface area contributed by atoms with Gasteiger partial charge in [0.05, 0.1) is 12.3 Å². The molecule has 3 rings (SSSR count). The standard InChI is InChI=1S/C22H33FN4O3/c1-22(2,11-4-3-5-12-27-13-10-20(28)24-21(27)29)26-25-17-8-9-18(23)19(14-17)30-15-16-6-7-16/h8-9,14,16,25-26H,3-7,10-13,15H2,1-2H3,(H,24,28,29). The van der Waals surface area contributed by atoms with Crippen LogP contribution in [0.3, 0.4) is 0 Å². The lowest BCUT2D eigenvalue weighted by atomic mass is 9.97. The number of imide groups is 1. The van der Waals surface area contributed by atoms with E-state index in [1.165, 1.54) is 18.9 Å². The summed E-state index contributed by atoms with van der Waals surface area (Å²) < 4.78 is 19.5. The normalized spacial score (nSPS) is 17.1. The number of halogens is 1. The van der Waals surface area contributed by atoms with Crippen LogP contribution in [0.1, 0.15) is 58.8 Å². The zero-order valence-corrected chi connectivity index (χ0v) is 17.9. The minimum Gasteiger partial charge on any atom is -0.490 e. The van der Waals surface area contributed by atoms with E-state index in [0.717, 1.165) is 31.4 Å². The molecule has 0 atom stereocenters. The van der Waals surface area contributed by atoms with Crippen LogP contribution in [-0.2, 0) is 4.79 Å². The number of ether oxygens (including phenoxy) is 1. The molecule has 30 heavy (non-hydrogen) atoms. The Morgan fingerprint density at radius 1 is 1.23 bits per heavy atom. The number of nitrogens with one attached hydrogen (secondary N) is 3. The van der Waals surface area contributed by atoms with Crippen molar-refractivity contribution >= 4 is 17.6 Å². The number of rotatable bonds is 12. The molecule has 1 saturated carbocycles. The van der Waals surface area contributed by atoms with Crippen LogP contribution < -0.4 is 20.9 Å². The number of benzene rings is 1. The van der Waals surface area contributed by atoms with Crippen LogP contribution >= 0.6 is 0 Å². The summed E-state index contributed by atoms with van der Waals surface area (Å²) in [6.07, 6.45) is 6.57. The molecule has 1 saturated heterocycles. The summed E-state index contributed by atoms with van der Waals surface area (Å²) in [5.41, 5.74) is 7.09. The minimum absolute atomic E-state index is 0.154. The number of anilines is 1. The minimum atomic E-state index is -0.341. The maximum atomic E-state index is 13.9. The molecule has 0 radical (unpaired) electrons. The third-order valence-electron chi connectivity index (χ3n) is 5.52. The highest BCUT2D eigenvalue weighted by Gasteiger charge is 2.23. The number of hydrogen-bond acceptors (Lipinski definition) is 5. The summed E-state index contributed by atoms with van der Waals surface area (Å²) >= 11 is 0. The average Bonchev–Trinajstić information content (AvgIpc) is 3.52. The van der Waals surface area contributed by atoms with Gasteiger partial charge in [0.15, 0.2) is 11.6 Å². The summed E-state index contributed by atoms with van der Waals surface area (Å²) in [5, 5.41) is 2.35. The lowest BCUT2D eigenvalue weighted by molar-refractivity contribution is -0.121. The highest BCUT2D eigenvalue weighted by atomic mass is 19.1. The number of nitrogens with zero attached hydrogens (tertiary/aromatic N) is 1. The number of hydrogen-bond donors (Lipinski definition) is 3. The Morgan fingerprint density at radius 2 is 2.03 bits per heavy atom. The summed E-state index contributed by atoms with van der Waals surface area (Å²) in [4.78, 5) is 24.6. The van der Waals surface area contributed by atoms with Crippen LogP contribution in [0.5, 0.6) is 5.75 Å². The van der Waals surface area contributed by atoms with E-state index >= 15 is 0 Å². The molecule has 0 aromatic heterocycles. The first-order valence-electron chi connectivity index (χ1n) is 10.9. The molecule has 1 aliphatic heterocycles. The van der Waals surface area contributed by atoms with E-state index in [1.807, 2.05) is 0 Å². The fraction of sp³-hybridized carbons (Fsp3) is 0.636. The number of carbonyl (C=O) groups is 2. The Morgan fingerprint density at radius 3 is 2.77 bits per heavy atom. The van der Waals surface area contributed by atoms with Gasteiger partial charge >= 0.3 is 6.03 Å². The molecule has 1 aromatic carbocycles. The van der Waals surface area contributed by atoms with Crippen molar-refractivity contribution in [2.45, 2.75) is 64.3 Å². The Labute approximate surface area is 177 Å². The number of amides is 3. The van der Waals surface area contributed by atoms with Crippen molar-refractivity contribution in [2.75, 3.05) is 25.1 Å². The van der Waals surface area contributed by atoms with Gasteiger partial charge in [-0.25, -0.2) is 14.6 Å². The number of carbonyl (C=O) groups excluding carboxylic acids is 2. The van der Waals surface area contributed by atoms with Crippen molar-refractivity contribution in [1.82, 2.24) is 15.6 Å². The SMILES string of the molecule is CC(C)(CCCCCN1CCC(=O)NC1=O)NNc1ccc(F)c(OCC2CC2)c1. The summed E-state index contributed by atoms with van der Waals surface area (Å²) in [6.45, 7) is 5.97. The molecule has 1 aliphatic carbocycles. The first kappa shape index (κ1) is 22.3. The number of urea groups is 1. The van der Waals surface area contributed by atoms with Crippen LogP contribution in [0.2, 0.25) is 0 Å². The van der Waals surface area contributed by atoms with Crippen molar-refractivity contribution in [1.29, 1.82) is 0 Å². The van der Waals surface area contributed by atoms with Gasteiger partial charge in [0.25, 0.3) is 0 Å². The molecule has 3 amide bonds. The fourth-order valence-corrected chi connectivity index (χ4v) is 3.35. The lowest BCUT2D eigenvalue weighted by Gasteiger charge is -2.28. The van der Waals surface area contributed by atoms with Crippen LogP contribution in [0, 0.1) is 11.7 Å². The predicted octanol–water partition coefficient (Wildman–Crippen LogP) is 3.81. The molecule has 166 valence electrons. The highest BCUT2D eigenvalue weighted by Crippen LogP contribution is 2.31. The van der Waals surface area contributed by atoms with Gasteiger partial charge in [0.2, 0.25) is 5.91 Å². The van der Waals surface area contributed by atoms with Crippen LogP contribution in [0.15, 0.2) is 18.2 Å². The van der Waals surface area contributed by atoms with E-state index < -0.39 is 0 Å². The second kappa shape index (κ2) is 10.1. The molecule has 0 spiro atoms. The van der Waals surface area contributed by atoms with E-state index in [2.05, 4.69) is 30.0 Å². The second-order valence-corrected chi connectivity index (χ2v) is 8.93. The monoisotopic (exact) mass is 420 g/mol. The smallest absolute Gasteiger partial charge is 0.324 e. The molecule has 8 heteroatoms. The van der Waals surface area contributed by atoms with Gasteiger partial charge in [-0.15, -0.1) is 0 Å². The summed E-state index contributed by atoms with van der Waals surface area (Å²) in [5.74, 6) is 0.325. The Hall–Kier alpha value is -2.35. The number of unbranched alkanes of at least 4 members (excludes halogenated alkanes) is 2. The first-order chi connectivity index (χ1) is 14.3. The quantitative estimate of drug-likeness (QED) is 0.354. The molecule has 3 N–H and O–H groups in total. The van der Waals surface area contributed by atoms with E-state index in [9.17, 15) is 14.0 Å². The lowest BCUT2D eigenvalue weighted by Crippen LogP contribution is -2.49. The van der Waals surface area contributed by atoms with Crippen molar-refractivity contribution in [2.24, 2.45) is 5.92 Å². The Bertz CT molecular complexity index is 752. The zero-order chi connectivity index (χ0) is 21.6. The van der Waals surface area contributed by atoms with E-state index in [0.29, 0.717) is 32.0 Å². The molecule has 0 bridgehead atoms. The summed E-state index contributed by atoms with van der Waals surface area (Å²) in [6, 6.07) is 4.52. The number of hydrazine groups is 1. The van der Waals surface area contributed by atoms with Gasteiger partial charge < -0.3 is 15.1 Å². The second-order valence-electron chi connectivity index (χ2n) is 8.93. The molecule has 1 heterocycles. The van der Waals surface area contributed by atoms with Crippen LogP contribution in [0.4, 0.5) is 14.9 Å². The average molecular weight is 421 g/mol. The van der Waals surface area contributed by atoms with Crippen LogP contribution in [-0.4, -0.2) is 42.1 Å². The van der Waals surface area contributed by atoms with Crippen LogP contribution in [0.25, 0.3) is 0 Å². The summed E-state index contributed by atoms with van der Waals surface area (Å²) in [7, 11) is 0. The Kier molecular flexibility index (Phi) is 7.53. The van der Waals surface area contributed by atoms with Crippen molar-refractivity contribution in [3.8, 4) is 5.75 Å². The maximum Gasteiger partial charge on any atom is 0.324 e. The highest BCUT2D eigenvalue weighted by molar-refractivity contribution is 5.96. The van der Waals surface area contributed by atoms with Crippen molar-refractivity contribution in [3.05, 3.63) is 24.0 Å².